The molecule has 5 heteroatoms. The highest BCUT2D eigenvalue weighted by atomic mass is 16.2. The van der Waals surface area contributed by atoms with Gasteiger partial charge in [-0.25, -0.2) is 0 Å². The lowest BCUT2D eigenvalue weighted by atomic mass is 10.1. The quantitative estimate of drug-likeness (QED) is 0.467. The molecular weight excluding hydrogens is 182 g/mol. The first-order valence-electron chi connectivity index (χ1n) is 4.80. The molecule has 0 saturated heterocycles. The molecule has 1 amide bonds. The first-order chi connectivity index (χ1) is 6.57. The van der Waals surface area contributed by atoms with Crippen LogP contribution in [0.3, 0.4) is 0 Å². The van der Waals surface area contributed by atoms with Gasteiger partial charge in [0, 0.05) is 0 Å². The molecule has 0 aliphatic rings. The largest absolute Gasteiger partial charge is 0.348 e. The maximum atomic E-state index is 11.2. The summed E-state index contributed by atoms with van der Waals surface area (Å²) in [6.07, 6.45) is 2.32. The standard InChI is InChI=1S/C9H19N3O2/c1-7(13)6-12-9(14)8(11)4-2-3-5-10/h8H,2-6,10-11H2,1H3,(H,12,14). The summed E-state index contributed by atoms with van der Waals surface area (Å²) < 4.78 is 0. The van der Waals surface area contributed by atoms with Gasteiger partial charge in [0.05, 0.1) is 12.6 Å². The number of nitrogens with one attached hydrogen (secondary N) is 1. The number of amides is 1. The van der Waals surface area contributed by atoms with E-state index in [1.165, 1.54) is 6.92 Å². The Balaban J connectivity index is 3.59. The molecule has 0 aromatic rings. The molecule has 0 rings (SSSR count). The predicted octanol–water partition coefficient (Wildman–Crippen LogP) is -0.852. The predicted molar refractivity (Wildman–Crippen MR) is 54.6 cm³/mol. The highest BCUT2D eigenvalue weighted by Crippen LogP contribution is 1.97. The van der Waals surface area contributed by atoms with E-state index in [9.17, 15) is 9.59 Å². The smallest absolute Gasteiger partial charge is 0.237 e. The first kappa shape index (κ1) is 13.1. The van der Waals surface area contributed by atoms with Crippen molar-refractivity contribution in [2.75, 3.05) is 13.1 Å². The third-order valence-electron chi connectivity index (χ3n) is 1.82. The van der Waals surface area contributed by atoms with Gasteiger partial charge in [-0.15, -0.1) is 0 Å². The minimum atomic E-state index is -0.527. The summed E-state index contributed by atoms with van der Waals surface area (Å²) in [5.74, 6) is -0.343. The number of carbonyl (C=O) groups excluding carboxylic acids is 2. The zero-order valence-electron chi connectivity index (χ0n) is 8.58. The normalized spacial score (nSPS) is 12.2. The number of hydrogen-bond donors (Lipinski definition) is 3. The molecule has 0 aliphatic heterocycles. The van der Waals surface area contributed by atoms with Crippen molar-refractivity contribution in [1.29, 1.82) is 0 Å². The van der Waals surface area contributed by atoms with Crippen molar-refractivity contribution < 1.29 is 9.59 Å². The van der Waals surface area contributed by atoms with Gasteiger partial charge in [-0.2, -0.15) is 0 Å². The Morgan fingerprint density at radius 3 is 2.50 bits per heavy atom. The van der Waals surface area contributed by atoms with Crippen LogP contribution in [-0.4, -0.2) is 30.8 Å². The molecule has 0 radical (unpaired) electrons. The van der Waals surface area contributed by atoms with E-state index >= 15 is 0 Å². The minimum absolute atomic E-state index is 0.0590. The average Bonchev–Trinajstić information content (AvgIpc) is 2.14. The molecule has 5 N–H and O–H groups in total. The summed E-state index contributed by atoms with van der Waals surface area (Å²) >= 11 is 0. The number of rotatable bonds is 7. The van der Waals surface area contributed by atoms with Crippen LogP contribution < -0.4 is 16.8 Å². The lowest BCUT2D eigenvalue weighted by Gasteiger charge is -2.10. The molecule has 14 heavy (non-hydrogen) atoms. The number of Topliss-reactive ketones (excluding diaryl/α,β-unsaturated/α-hetero) is 1. The van der Waals surface area contributed by atoms with Crippen LogP contribution in [0.15, 0.2) is 0 Å². The summed E-state index contributed by atoms with van der Waals surface area (Å²) in [5, 5.41) is 2.46. The summed E-state index contributed by atoms with van der Waals surface area (Å²) in [5.41, 5.74) is 10.9. The maximum Gasteiger partial charge on any atom is 0.237 e. The van der Waals surface area contributed by atoms with Crippen molar-refractivity contribution in [3.05, 3.63) is 0 Å². The van der Waals surface area contributed by atoms with Crippen molar-refractivity contribution in [1.82, 2.24) is 5.32 Å². The number of nitrogens with two attached hydrogens (primary N) is 2. The Labute approximate surface area is 84.2 Å². The van der Waals surface area contributed by atoms with Gasteiger partial charge in [-0.05, 0) is 26.3 Å². The van der Waals surface area contributed by atoms with Gasteiger partial charge in [0.1, 0.15) is 5.78 Å². The van der Waals surface area contributed by atoms with E-state index in [1.54, 1.807) is 0 Å². The van der Waals surface area contributed by atoms with Gasteiger partial charge >= 0.3 is 0 Å². The Hall–Kier alpha value is -0.940. The molecule has 82 valence electrons. The van der Waals surface area contributed by atoms with E-state index < -0.39 is 6.04 Å². The van der Waals surface area contributed by atoms with E-state index in [0.717, 1.165) is 12.8 Å². The number of ketones is 1. The van der Waals surface area contributed by atoms with E-state index in [1.807, 2.05) is 0 Å². The van der Waals surface area contributed by atoms with E-state index in [4.69, 9.17) is 11.5 Å². The Morgan fingerprint density at radius 2 is 2.00 bits per heavy atom. The van der Waals surface area contributed by atoms with Gasteiger partial charge in [-0.3, -0.25) is 9.59 Å². The van der Waals surface area contributed by atoms with Crippen LogP contribution >= 0.6 is 0 Å². The molecular formula is C9H19N3O2. The summed E-state index contributed by atoms with van der Waals surface area (Å²) in [7, 11) is 0. The highest BCUT2D eigenvalue weighted by molar-refractivity contribution is 5.87. The molecule has 5 nitrogen and oxygen atoms in total. The van der Waals surface area contributed by atoms with Crippen LogP contribution in [0.2, 0.25) is 0 Å². The fraction of sp³-hybridized carbons (Fsp3) is 0.778. The Bertz CT molecular complexity index is 194. The topological polar surface area (TPSA) is 98.2 Å². The van der Waals surface area contributed by atoms with Crippen LogP contribution in [0, 0.1) is 0 Å². The summed E-state index contributed by atoms with van der Waals surface area (Å²) in [6, 6.07) is -0.527. The average molecular weight is 201 g/mol. The second-order valence-electron chi connectivity index (χ2n) is 3.31. The van der Waals surface area contributed by atoms with Crippen LogP contribution in [0.1, 0.15) is 26.2 Å². The SMILES string of the molecule is CC(=O)CNC(=O)C(N)CCCCN. The van der Waals surface area contributed by atoms with Crippen LogP contribution in [0.4, 0.5) is 0 Å². The third-order valence-corrected chi connectivity index (χ3v) is 1.82. The van der Waals surface area contributed by atoms with Gasteiger partial charge in [0.15, 0.2) is 0 Å². The molecule has 0 aliphatic carbocycles. The van der Waals surface area contributed by atoms with E-state index in [-0.39, 0.29) is 18.2 Å². The zero-order valence-corrected chi connectivity index (χ0v) is 8.58. The monoisotopic (exact) mass is 201 g/mol. The molecule has 1 unspecified atom stereocenters. The van der Waals surface area contributed by atoms with Crippen LogP contribution in [0.5, 0.6) is 0 Å². The van der Waals surface area contributed by atoms with Crippen molar-refractivity contribution in [3.8, 4) is 0 Å². The van der Waals surface area contributed by atoms with E-state index in [2.05, 4.69) is 5.32 Å². The van der Waals surface area contributed by atoms with Gasteiger partial charge in [-0.1, -0.05) is 6.42 Å². The molecule has 1 atom stereocenters. The second-order valence-corrected chi connectivity index (χ2v) is 3.31. The molecule has 0 aromatic heterocycles. The summed E-state index contributed by atoms with van der Waals surface area (Å²) in [4.78, 5) is 21.8. The van der Waals surface area contributed by atoms with E-state index in [0.29, 0.717) is 13.0 Å². The zero-order chi connectivity index (χ0) is 11.0. The van der Waals surface area contributed by atoms with Gasteiger partial charge < -0.3 is 16.8 Å². The number of hydrogen-bond acceptors (Lipinski definition) is 4. The lowest BCUT2D eigenvalue weighted by Crippen LogP contribution is -2.42. The molecule has 0 spiro atoms. The molecule has 0 aromatic carbocycles. The van der Waals surface area contributed by atoms with Gasteiger partial charge in [0.25, 0.3) is 0 Å². The molecule has 0 heterocycles. The lowest BCUT2D eigenvalue weighted by molar-refractivity contribution is -0.125. The Morgan fingerprint density at radius 1 is 1.36 bits per heavy atom. The molecule has 0 saturated carbocycles. The fourth-order valence-electron chi connectivity index (χ4n) is 0.982. The molecule has 0 bridgehead atoms. The highest BCUT2D eigenvalue weighted by Gasteiger charge is 2.12. The van der Waals surface area contributed by atoms with Crippen molar-refractivity contribution >= 4 is 11.7 Å². The maximum absolute atomic E-state index is 11.2. The fourth-order valence-corrected chi connectivity index (χ4v) is 0.982. The Kier molecular flexibility index (Phi) is 6.96. The first-order valence-corrected chi connectivity index (χ1v) is 4.80. The van der Waals surface area contributed by atoms with Crippen molar-refractivity contribution in [2.45, 2.75) is 32.2 Å². The van der Waals surface area contributed by atoms with Crippen LogP contribution in [-0.2, 0) is 9.59 Å². The van der Waals surface area contributed by atoms with Crippen LogP contribution in [0.25, 0.3) is 0 Å². The number of unbranched alkanes of at least 4 members (excludes halogenated alkanes) is 1. The molecule has 0 fully saturated rings. The van der Waals surface area contributed by atoms with Crippen molar-refractivity contribution in [3.63, 3.8) is 0 Å². The second kappa shape index (κ2) is 7.46. The van der Waals surface area contributed by atoms with Crippen molar-refractivity contribution in [2.24, 2.45) is 11.5 Å². The third kappa shape index (κ3) is 6.56. The summed E-state index contributed by atoms with van der Waals surface area (Å²) in [6.45, 7) is 2.09. The minimum Gasteiger partial charge on any atom is -0.348 e. The van der Waals surface area contributed by atoms with Gasteiger partial charge in [0.2, 0.25) is 5.91 Å². The number of carbonyl (C=O) groups is 2.